The Morgan fingerprint density at radius 3 is 2.83 bits per heavy atom. The van der Waals surface area contributed by atoms with E-state index in [9.17, 15) is 0 Å². The van der Waals surface area contributed by atoms with Gasteiger partial charge < -0.3 is 10.2 Å². The molecule has 0 radical (unpaired) electrons. The zero-order chi connectivity index (χ0) is 15.4. The molecule has 1 aromatic carbocycles. The molecule has 1 aromatic heterocycles. The molecule has 0 spiro atoms. The second-order valence-corrected chi connectivity index (χ2v) is 7.17. The van der Waals surface area contributed by atoms with Crippen molar-refractivity contribution in [1.82, 2.24) is 10.3 Å². The second-order valence-electron chi connectivity index (χ2n) is 5.79. The normalized spacial score (nSPS) is 17.3. The average molecular weight is 372 g/mol. The number of halogens is 2. The molecule has 1 saturated heterocycles. The van der Waals surface area contributed by atoms with Gasteiger partial charge in [-0.05, 0) is 43.0 Å². The van der Waals surface area contributed by atoms with Gasteiger partial charge in [-0.25, -0.2) is 4.98 Å². The van der Waals surface area contributed by atoms with Gasteiger partial charge in [-0.3, -0.25) is 0 Å². The fourth-order valence-corrected chi connectivity index (χ4v) is 3.75. The molecule has 2 heterocycles. The van der Waals surface area contributed by atoms with Crippen molar-refractivity contribution in [3.8, 4) is 0 Å². The Balaban J connectivity index is 0.00000192. The molecule has 0 aliphatic carbocycles. The van der Waals surface area contributed by atoms with Crippen LogP contribution < -0.4 is 10.2 Å². The summed E-state index contributed by atoms with van der Waals surface area (Å²) in [6, 6.07) is 8.16. The zero-order valence-electron chi connectivity index (χ0n) is 13.3. The Morgan fingerprint density at radius 2 is 2.13 bits per heavy atom. The predicted octanol–water partition coefficient (Wildman–Crippen LogP) is 4.40. The number of hydrogen-bond acceptors (Lipinski definition) is 4. The summed E-state index contributed by atoms with van der Waals surface area (Å²) in [5.74, 6) is 0.708. The quantitative estimate of drug-likeness (QED) is 0.815. The van der Waals surface area contributed by atoms with E-state index in [-0.39, 0.29) is 12.4 Å². The Hall–Kier alpha value is -0.810. The number of hydrogen-bond donors (Lipinski definition) is 1. The van der Waals surface area contributed by atoms with Gasteiger partial charge in [-0.15, -0.1) is 23.7 Å². The molecule has 2 aromatic rings. The van der Waals surface area contributed by atoms with Gasteiger partial charge in [0.2, 0.25) is 0 Å². The van der Waals surface area contributed by atoms with E-state index >= 15 is 0 Å². The van der Waals surface area contributed by atoms with Crippen LogP contribution in [0.4, 0.5) is 5.69 Å². The highest BCUT2D eigenvalue weighted by atomic mass is 35.5. The molecule has 0 amide bonds. The summed E-state index contributed by atoms with van der Waals surface area (Å²) >= 11 is 7.71. The van der Waals surface area contributed by atoms with Gasteiger partial charge >= 0.3 is 0 Å². The highest BCUT2D eigenvalue weighted by Crippen LogP contribution is 2.24. The van der Waals surface area contributed by atoms with Crippen LogP contribution in [0.2, 0.25) is 5.02 Å². The van der Waals surface area contributed by atoms with Gasteiger partial charge in [-0.1, -0.05) is 18.5 Å². The molecule has 0 saturated carbocycles. The Kier molecular flexibility index (Phi) is 7.15. The average Bonchev–Trinajstić information content (AvgIpc) is 3.17. The van der Waals surface area contributed by atoms with Crippen LogP contribution in [0.3, 0.4) is 0 Å². The van der Waals surface area contributed by atoms with Gasteiger partial charge in [0, 0.05) is 42.3 Å². The van der Waals surface area contributed by atoms with Crippen molar-refractivity contribution in [1.29, 1.82) is 0 Å². The number of benzene rings is 1. The number of rotatable bonds is 6. The van der Waals surface area contributed by atoms with Crippen LogP contribution in [0.1, 0.15) is 24.0 Å². The summed E-state index contributed by atoms with van der Waals surface area (Å²) in [7, 11) is 0. The Morgan fingerprint density at radius 1 is 1.35 bits per heavy atom. The molecule has 6 heteroatoms. The van der Waals surface area contributed by atoms with E-state index in [0.29, 0.717) is 5.92 Å². The number of aromatic nitrogens is 1. The second kappa shape index (κ2) is 8.88. The molecule has 3 rings (SSSR count). The minimum atomic E-state index is 0. The van der Waals surface area contributed by atoms with Gasteiger partial charge in [0.05, 0.1) is 10.7 Å². The van der Waals surface area contributed by atoms with Crippen LogP contribution in [0.15, 0.2) is 29.6 Å². The van der Waals surface area contributed by atoms with Crippen molar-refractivity contribution >= 4 is 41.0 Å². The molecule has 1 atom stereocenters. The Labute approximate surface area is 153 Å². The number of thiazole rings is 1. The molecule has 0 bridgehead atoms. The third kappa shape index (κ3) is 5.08. The van der Waals surface area contributed by atoms with Crippen molar-refractivity contribution in [2.24, 2.45) is 5.92 Å². The van der Waals surface area contributed by atoms with Crippen LogP contribution >= 0.6 is 35.3 Å². The van der Waals surface area contributed by atoms with Crippen LogP contribution in [0, 0.1) is 5.92 Å². The lowest BCUT2D eigenvalue weighted by atomic mass is 10.1. The van der Waals surface area contributed by atoms with Gasteiger partial charge in [-0.2, -0.15) is 0 Å². The van der Waals surface area contributed by atoms with Crippen molar-refractivity contribution in [2.75, 3.05) is 24.5 Å². The highest BCUT2D eigenvalue weighted by molar-refractivity contribution is 7.09. The number of nitrogens with one attached hydrogen (secondary N) is 1. The van der Waals surface area contributed by atoms with Crippen molar-refractivity contribution in [2.45, 2.75) is 26.3 Å². The lowest BCUT2D eigenvalue weighted by Gasteiger charge is -2.18. The highest BCUT2D eigenvalue weighted by Gasteiger charge is 2.22. The standard InChI is InChI=1S/C17H22ClN3S.ClH/c1-2-17-20-15(12-22-17)10-19-9-13-7-8-21(11-13)16-5-3-14(18)4-6-16;/h3-6,12-13,19H,2,7-11H2,1H3;1H. The Bertz CT molecular complexity index is 600. The lowest BCUT2D eigenvalue weighted by molar-refractivity contribution is 0.514. The predicted molar refractivity (Wildman–Crippen MR) is 102 cm³/mol. The SMILES string of the molecule is CCc1nc(CNCC2CCN(c3ccc(Cl)cc3)C2)cs1.Cl. The smallest absolute Gasteiger partial charge is 0.0926 e. The summed E-state index contributed by atoms with van der Waals surface area (Å²) in [6.07, 6.45) is 2.27. The van der Waals surface area contributed by atoms with Crippen LogP contribution in [-0.4, -0.2) is 24.6 Å². The maximum Gasteiger partial charge on any atom is 0.0926 e. The van der Waals surface area contributed by atoms with Crippen LogP contribution in [0.25, 0.3) is 0 Å². The van der Waals surface area contributed by atoms with E-state index in [4.69, 9.17) is 11.6 Å². The van der Waals surface area contributed by atoms with E-state index in [0.717, 1.165) is 37.6 Å². The fourth-order valence-electron chi connectivity index (χ4n) is 2.88. The third-order valence-corrected chi connectivity index (χ3v) is 5.41. The first-order valence-corrected chi connectivity index (χ1v) is 9.15. The number of anilines is 1. The molecular formula is C17H23Cl2N3S. The van der Waals surface area contributed by atoms with Crippen molar-refractivity contribution in [3.05, 3.63) is 45.4 Å². The topological polar surface area (TPSA) is 28.2 Å². The summed E-state index contributed by atoms with van der Waals surface area (Å²) in [5.41, 5.74) is 2.45. The summed E-state index contributed by atoms with van der Waals surface area (Å²) in [5, 5.41) is 7.76. The van der Waals surface area contributed by atoms with E-state index in [1.807, 2.05) is 12.1 Å². The van der Waals surface area contributed by atoms with Gasteiger partial charge in [0.25, 0.3) is 0 Å². The monoisotopic (exact) mass is 371 g/mol. The zero-order valence-corrected chi connectivity index (χ0v) is 15.7. The van der Waals surface area contributed by atoms with Gasteiger partial charge in [0.1, 0.15) is 0 Å². The minimum absolute atomic E-state index is 0. The lowest BCUT2D eigenvalue weighted by Crippen LogP contribution is -2.26. The molecular weight excluding hydrogens is 349 g/mol. The third-order valence-electron chi connectivity index (χ3n) is 4.12. The molecule has 3 nitrogen and oxygen atoms in total. The first-order chi connectivity index (χ1) is 10.7. The summed E-state index contributed by atoms with van der Waals surface area (Å²) in [6.45, 7) is 6.34. The van der Waals surface area contributed by atoms with E-state index in [1.165, 1.54) is 22.8 Å². The van der Waals surface area contributed by atoms with Crippen LogP contribution in [0.5, 0.6) is 0 Å². The maximum atomic E-state index is 5.95. The molecule has 126 valence electrons. The molecule has 1 aliphatic rings. The molecule has 1 aliphatic heterocycles. The number of nitrogens with zero attached hydrogens (tertiary/aromatic N) is 2. The molecule has 1 fully saturated rings. The van der Waals surface area contributed by atoms with E-state index < -0.39 is 0 Å². The summed E-state index contributed by atoms with van der Waals surface area (Å²) in [4.78, 5) is 7.04. The molecule has 1 unspecified atom stereocenters. The minimum Gasteiger partial charge on any atom is -0.371 e. The number of aryl methyl sites for hydroxylation is 1. The largest absolute Gasteiger partial charge is 0.371 e. The fraction of sp³-hybridized carbons (Fsp3) is 0.471. The van der Waals surface area contributed by atoms with Crippen molar-refractivity contribution in [3.63, 3.8) is 0 Å². The van der Waals surface area contributed by atoms with E-state index in [1.54, 1.807) is 11.3 Å². The van der Waals surface area contributed by atoms with E-state index in [2.05, 4.69) is 39.6 Å². The molecule has 23 heavy (non-hydrogen) atoms. The summed E-state index contributed by atoms with van der Waals surface area (Å²) < 4.78 is 0. The first-order valence-electron chi connectivity index (χ1n) is 7.89. The van der Waals surface area contributed by atoms with Crippen LogP contribution in [-0.2, 0) is 13.0 Å². The molecule has 1 N–H and O–H groups in total. The maximum absolute atomic E-state index is 5.95. The van der Waals surface area contributed by atoms with Gasteiger partial charge in [0.15, 0.2) is 0 Å². The van der Waals surface area contributed by atoms with Crippen molar-refractivity contribution < 1.29 is 0 Å². The first kappa shape index (κ1) is 18.5.